The van der Waals surface area contributed by atoms with Gasteiger partial charge in [0.25, 0.3) is 0 Å². The molecule has 4 rings (SSSR count). The molecule has 0 aromatic heterocycles. The molecule has 2 aliphatic rings. The molecule has 2 aromatic carbocycles. The second kappa shape index (κ2) is 6.80. The minimum absolute atomic E-state index is 0.00194. The molecule has 0 bridgehead atoms. The molecule has 2 heterocycles. The van der Waals surface area contributed by atoms with Gasteiger partial charge in [-0.05, 0) is 24.6 Å². The summed E-state index contributed by atoms with van der Waals surface area (Å²) < 4.78 is 5.90. The minimum Gasteiger partial charge on any atom is -0.489 e. The summed E-state index contributed by atoms with van der Waals surface area (Å²) in [4.78, 5) is 26.6. The van der Waals surface area contributed by atoms with E-state index in [1.165, 1.54) is 0 Å². The third-order valence-corrected chi connectivity index (χ3v) is 4.87. The molecule has 2 aromatic rings. The molecule has 2 atom stereocenters. The Morgan fingerprint density at radius 3 is 2.62 bits per heavy atom. The van der Waals surface area contributed by atoms with Crippen molar-refractivity contribution in [2.75, 3.05) is 18.1 Å². The van der Waals surface area contributed by atoms with Gasteiger partial charge >= 0.3 is 0 Å². The van der Waals surface area contributed by atoms with Crippen molar-refractivity contribution in [3.8, 4) is 5.75 Å². The van der Waals surface area contributed by atoms with Gasteiger partial charge in [-0.25, -0.2) is 5.01 Å². The van der Waals surface area contributed by atoms with E-state index in [1.54, 1.807) is 9.91 Å². The molecule has 1 N–H and O–H groups in total. The molecule has 2 aliphatic heterocycles. The predicted molar refractivity (Wildman–Crippen MR) is 97.5 cm³/mol. The van der Waals surface area contributed by atoms with E-state index in [4.69, 9.17) is 4.74 Å². The number of amides is 2. The van der Waals surface area contributed by atoms with Gasteiger partial charge in [0.2, 0.25) is 11.8 Å². The Morgan fingerprint density at radius 2 is 1.88 bits per heavy atom. The summed E-state index contributed by atoms with van der Waals surface area (Å²) in [5.41, 5.74) is 4.55. The molecule has 134 valence electrons. The van der Waals surface area contributed by atoms with E-state index in [0.717, 1.165) is 11.3 Å². The number of anilines is 1. The van der Waals surface area contributed by atoms with Crippen molar-refractivity contribution in [1.29, 1.82) is 0 Å². The van der Waals surface area contributed by atoms with Gasteiger partial charge in [-0.3, -0.25) is 19.9 Å². The summed E-state index contributed by atoms with van der Waals surface area (Å²) in [6.07, 6.45) is 0.412. The van der Waals surface area contributed by atoms with Crippen molar-refractivity contribution in [2.45, 2.75) is 25.4 Å². The lowest BCUT2D eigenvalue weighted by Gasteiger charge is -2.38. The van der Waals surface area contributed by atoms with Crippen molar-refractivity contribution in [3.63, 3.8) is 0 Å². The Kier molecular flexibility index (Phi) is 4.34. The van der Waals surface area contributed by atoms with E-state index >= 15 is 0 Å². The zero-order valence-electron chi connectivity index (χ0n) is 14.6. The molecule has 6 nitrogen and oxygen atoms in total. The molecule has 1 saturated heterocycles. The Balaban J connectivity index is 1.66. The maximum atomic E-state index is 13.2. The molecule has 2 amide bonds. The zero-order chi connectivity index (χ0) is 18.1. The number of para-hydroxylation sites is 2. The topological polar surface area (TPSA) is 61.9 Å². The number of rotatable bonds is 3. The van der Waals surface area contributed by atoms with Crippen LogP contribution in [0.5, 0.6) is 5.75 Å². The molecular weight excluding hydrogens is 330 g/mol. The van der Waals surface area contributed by atoms with Crippen molar-refractivity contribution in [1.82, 2.24) is 10.4 Å². The van der Waals surface area contributed by atoms with Crippen LogP contribution in [-0.2, 0) is 9.59 Å². The molecular formula is C20H21N3O3. The third kappa shape index (κ3) is 3.04. The van der Waals surface area contributed by atoms with Crippen molar-refractivity contribution < 1.29 is 14.3 Å². The Bertz CT molecular complexity index is 824. The Labute approximate surface area is 152 Å². The van der Waals surface area contributed by atoms with Gasteiger partial charge in [-0.2, -0.15) is 0 Å². The van der Waals surface area contributed by atoms with E-state index < -0.39 is 0 Å². The molecule has 0 aliphatic carbocycles. The predicted octanol–water partition coefficient (Wildman–Crippen LogP) is 2.28. The van der Waals surface area contributed by atoms with Crippen LogP contribution in [0.1, 0.15) is 24.9 Å². The van der Waals surface area contributed by atoms with E-state index in [9.17, 15) is 9.59 Å². The number of nitrogens with one attached hydrogen (secondary N) is 1. The number of hydrogen-bond acceptors (Lipinski definition) is 4. The van der Waals surface area contributed by atoms with Crippen LogP contribution in [-0.4, -0.2) is 36.0 Å². The largest absolute Gasteiger partial charge is 0.489 e. The first-order chi connectivity index (χ1) is 12.6. The van der Waals surface area contributed by atoms with Crippen LogP contribution in [0.3, 0.4) is 0 Å². The summed E-state index contributed by atoms with van der Waals surface area (Å²) in [6, 6.07) is 17.2. The number of hydrogen-bond donors (Lipinski definition) is 1. The van der Waals surface area contributed by atoms with Crippen molar-refractivity contribution in [2.24, 2.45) is 0 Å². The van der Waals surface area contributed by atoms with Gasteiger partial charge < -0.3 is 4.74 Å². The lowest BCUT2D eigenvalue weighted by Crippen LogP contribution is -2.49. The normalized spacial score (nSPS) is 22.5. The fourth-order valence-corrected chi connectivity index (χ4v) is 3.53. The standard InChI is InChI=1S/C20H21N3O3/c1-14-11-19(24)21-22(14)12-20(25)23-16-9-5-6-10-18(16)26-13-17(23)15-7-3-2-4-8-15/h2-10,14,17H,11-13H2,1H3,(H,21,24)/t14-,17-/m1/s1. The lowest BCUT2D eigenvalue weighted by molar-refractivity contribution is -0.123. The van der Waals surface area contributed by atoms with Crippen LogP contribution < -0.4 is 15.1 Å². The summed E-state index contributed by atoms with van der Waals surface area (Å²) in [6.45, 7) is 2.46. The first kappa shape index (κ1) is 16.6. The fraction of sp³-hybridized carbons (Fsp3) is 0.300. The van der Waals surface area contributed by atoms with E-state index in [0.29, 0.717) is 18.8 Å². The van der Waals surface area contributed by atoms with Gasteiger partial charge in [-0.1, -0.05) is 42.5 Å². The van der Waals surface area contributed by atoms with E-state index in [-0.39, 0.29) is 30.4 Å². The number of hydrazine groups is 1. The second-order valence-electron chi connectivity index (χ2n) is 6.68. The maximum Gasteiger partial charge on any atom is 0.243 e. The molecule has 0 spiro atoms. The summed E-state index contributed by atoms with van der Waals surface area (Å²) in [5.74, 6) is 0.586. The smallest absolute Gasteiger partial charge is 0.243 e. The van der Waals surface area contributed by atoms with Crippen molar-refractivity contribution >= 4 is 17.5 Å². The van der Waals surface area contributed by atoms with E-state index in [1.807, 2.05) is 61.5 Å². The number of carbonyl (C=O) groups excluding carboxylic acids is 2. The number of fused-ring (bicyclic) bond motifs is 1. The Morgan fingerprint density at radius 1 is 1.15 bits per heavy atom. The molecule has 6 heteroatoms. The summed E-state index contributed by atoms with van der Waals surface area (Å²) >= 11 is 0. The van der Waals surface area contributed by atoms with Gasteiger partial charge in [0.1, 0.15) is 12.4 Å². The van der Waals surface area contributed by atoms with E-state index in [2.05, 4.69) is 5.43 Å². The zero-order valence-corrected chi connectivity index (χ0v) is 14.6. The first-order valence-electron chi connectivity index (χ1n) is 8.78. The molecule has 0 unspecified atom stereocenters. The number of benzene rings is 2. The van der Waals surface area contributed by atoms with Gasteiger partial charge in [-0.15, -0.1) is 0 Å². The number of carbonyl (C=O) groups is 2. The van der Waals surface area contributed by atoms with Gasteiger partial charge in [0.15, 0.2) is 0 Å². The van der Waals surface area contributed by atoms with Crippen LogP contribution in [0.15, 0.2) is 54.6 Å². The first-order valence-corrected chi connectivity index (χ1v) is 8.78. The second-order valence-corrected chi connectivity index (χ2v) is 6.68. The highest BCUT2D eigenvalue weighted by Crippen LogP contribution is 2.39. The highest BCUT2D eigenvalue weighted by atomic mass is 16.5. The average Bonchev–Trinajstić information content (AvgIpc) is 2.98. The molecule has 0 saturated carbocycles. The minimum atomic E-state index is -0.202. The third-order valence-electron chi connectivity index (χ3n) is 4.87. The highest BCUT2D eigenvalue weighted by molar-refractivity contribution is 5.97. The van der Waals surface area contributed by atoms with Crippen LogP contribution in [0, 0.1) is 0 Å². The molecule has 26 heavy (non-hydrogen) atoms. The maximum absolute atomic E-state index is 13.2. The summed E-state index contributed by atoms with van der Waals surface area (Å²) in [7, 11) is 0. The SMILES string of the molecule is C[C@@H]1CC(=O)NN1CC(=O)N1c2ccccc2OC[C@@H]1c1ccccc1. The average molecular weight is 351 g/mol. The van der Waals surface area contributed by atoms with Crippen LogP contribution in [0.25, 0.3) is 0 Å². The van der Waals surface area contributed by atoms with Crippen LogP contribution in [0.2, 0.25) is 0 Å². The fourth-order valence-electron chi connectivity index (χ4n) is 3.53. The Hall–Kier alpha value is -2.86. The van der Waals surface area contributed by atoms with Gasteiger partial charge in [0.05, 0.1) is 18.3 Å². The molecule has 1 fully saturated rings. The monoisotopic (exact) mass is 351 g/mol. The quantitative estimate of drug-likeness (QED) is 0.922. The highest BCUT2D eigenvalue weighted by Gasteiger charge is 2.36. The van der Waals surface area contributed by atoms with Crippen molar-refractivity contribution in [3.05, 3.63) is 60.2 Å². The van der Waals surface area contributed by atoms with Crippen LogP contribution in [0.4, 0.5) is 5.69 Å². The number of ether oxygens (including phenoxy) is 1. The lowest BCUT2D eigenvalue weighted by atomic mass is 10.0. The van der Waals surface area contributed by atoms with Crippen LogP contribution >= 0.6 is 0 Å². The number of nitrogens with zero attached hydrogens (tertiary/aromatic N) is 2. The molecule has 0 radical (unpaired) electrons. The van der Waals surface area contributed by atoms with Gasteiger partial charge in [0, 0.05) is 12.5 Å². The summed E-state index contributed by atoms with van der Waals surface area (Å²) in [5, 5.41) is 1.71.